The van der Waals surface area contributed by atoms with Crippen LogP contribution in [0.1, 0.15) is 42.2 Å². The van der Waals surface area contributed by atoms with Crippen LogP contribution in [0.5, 0.6) is 0 Å². The summed E-state index contributed by atoms with van der Waals surface area (Å²) in [5, 5.41) is 9.21. The summed E-state index contributed by atoms with van der Waals surface area (Å²) in [5.74, 6) is -0.0545. The summed E-state index contributed by atoms with van der Waals surface area (Å²) in [6, 6.07) is 3.85. The van der Waals surface area contributed by atoms with Gasteiger partial charge in [-0.1, -0.05) is 0 Å². The number of likely N-dealkylation sites (tertiary alicyclic amines) is 1. The predicted molar refractivity (Wildman–Crippen MR) is 79.6 cm³/mol. The maximum Gasteiger partial charge on any atom is 0.352 e. The minimum absolute atomic E-state index is 0.331. The van der Waals surface area contributed by atoms with Crippen molar-refractivity contribution in [2.24, 2.45) is 5.92 Å². The molecule has 0 amide bonds. The summed E-state index contributed by atoms with van der Waals surface area (Å²) in [5.41, 5.74) is 0.415. The van der Waals surface area contributed by atoms with Crippen molar-refractivity contribution >= 4 is 5.97 Å². The van der Waals surface area contributed by atoms with Gasteiger partial charge in [0, 0.05) is 45.1 Å². The van der Waals surface area contributed by atoms with E-state index >= 15 is 0 Å². The lowest BCUT2D eigenvalue weighted by Crippen LogP contribution is -2.39. The molecule has 0 aliphatic carbocycles. The van der Waals surface area contributed by atoms with Gasteiger partial charge in [0.15, 0.2) is 0 Å². The summed E-state index contributed by atoms with van der Waals surface area (Å²) < 4.78 is 7.35. The molecule has 3 rings (SSSR count). The maximum atomic E-state index is 11.2. The second-order valence-electron chi connectivity index (χ2n) is 6.19. The zero-order valence-corrected chi connectivity index (χ0v) is 12.4. The lowest BCUT2D eigenvalue weighted by atomic mass is 9.97. The molecule has 1 N–H and O–H groups in total. The van der Waals surface area contributed by atoms with Crippen LogP contribution in [-0.2, 0) is 4.74 Å². The fourth-order valence-corrected chi connectivity index (χ4v) is 3.57. The lowest BCUT2D eigenvalue weighted by molar-refractivity contribution is 0.0469. The Morgan fingerprint density at radius 2 is 1.95 bits per heavy atom. The van der Waals surface area contributed by atoms with Gasteiger partial charge in [-0.3, -0.25) is 0 Å². The van der Waals surface area contributed by atoms with Crippen molar-refractivity contribution in [1.82, 2.24) is 9.47 Å². The molecule has 0 radical (unpaired) electrons. The summed E-state index contributed by atoms with van der Waals surface area (Å²) in [6.45, 7) is 5.13. The van der Waals surface area contributed by atoms with Crippen LogP contribution >= 0.6 is 0 Å². The highest BCUT2D eigenvalue weighted by Gasteiger charge is 2.25. The molecule has 1 aromatic rings. The van der Waals surface area contributed by atoms with Gasteiger partial charge in [0.2, 0.25) is 0 Å². The fraction of sp³-hybridized carbons (Fsp3) is 0.688. The van der Waals surface area contributed by atoms with E-state index in [0.717, 1.165) is 45.1 Å². The lowest BCUT2D eigenvalue weighted by Gasteiger charge is -2.36. The normalized spacial score (nSPS) is 22.5. The number of aromatic carboxylic acids is 1. The first-order valence-electron chi connectivity index (χ1n) is 7.94. The highest BCUT2D eigenvalue weighted by molar-refractivity contribution is 5.85. The average molecular weight is 292 g/mol. The Hall–Kier alpha value is -1.33. The first-order valence-corrected chi connectivity index (χ1v) is 7.94. The molecule has 0 unspecified atom stereocenters. The number of ether oxygens (including phenoxy) is 1. The van der Waals surface area contributed by atoms with Crippen molar-refractivity contribution in [2.45, 2.75) is 31.7 Å². The zero-order valence-electron chi connectivity index (χ0n) is 12.4. The minimum atomic E-state index is -0.829. The van der Waals surface area contributed by atoms with Crippen LogP contribution < -0.4 is 0 Å². The van der Waals surface area contributed by atoms with Crippen LogP contribution in [0.25, 0.3) is 0 Å². The summed E-state index contributed by atoms with van der Waals surface area (Å²) >= 11 is 0. The molecule has 5 nitrogen and oxygen atoms in total. The second kappa shape index (κ2) is 6.62. The number of carboxylic acid groups (broad SMARTS) is 1. The topological polar surface area (TPSA) is 54.7 Å². The average Bonchev–Trinajstić information content (AvgIpc) is 2.99. The van der Waals surface area contributed by atoms with Gasteiger partial charge in [0.05, 0.1) is 0 Å². The number of carboxylic acids is 1. The molecule has 5 heteroatoms. The number of piperidine rings is 1. The van der Waals surface area contributed by atoms with E-state index in [1.165, 1.54) is 19.4 Å². The SMILES string of the molecule is O=C(O)c1cccn1C1CCN(CC2CCOCC2)CC1. The van der Waals surface area contributed by atoms with Crippen LogP contribution in [0.4, 0.5) is 0 Å². The van der Waals surface area contributed by atoms with E-state index in [1.807, 2.05) is 16.8 Å². The summed E-state index contributed by atoms with van der Waals surface area (Å²) in [4.78, 5) is 13.7. The van der Waals surface area contributed by atoms with Gasteiger partial charge in [-0.15, -0.1) is 0 Å². The molecule has 116 valence electrons. The molecule has 0 bridgehead atoms. The van der Waals surface area contributed by atoms with Crippen LogP contribution in [0.2, 0.25) is 0 Å². The maximum absolute atomic E-state index is 11.2. The molecule has 2 aliphatic heterocycles. The van der Waals surface area contributed by atoms with Crippen molar-refractivity contribution in [3.05, 3.63) is 24.0 Å². The van der Waals surface area contributed by atoms with Gasteiger partial charge in [-0.05, 0) is 43.7 Å². The molecule has 2 saturated heterocycles. The van der Waals surface area contributed by atoms with E-state index in [9.17, 15) is 9.90 Å². The van der Waals surface area contributed by atoms with Crippen LogP contribution in [-0.4, -0.2) is 53.4 Å². The van der Waals surface area contributed by atoms with Gasteiger partial charge in [0.25, 0.3) is 0 Å². The molecule has 0 spiro atoms. The highest BCUT2D eigenvalue weighted by atomic mass is 16.5. The van der Waals surface area contributed by atoms with Gasteiger partial charge < -0.3 is 19.3 Å². The van der Waals surface area contributed by atoms with E-state index in [2.05, 4.69) is 4.90 Å². The molecular formula is C16H24N2O3. The molecule has 0 aromatic carbocycles. The molecular weight excluding hydrogens is 268 g/mol. The van der Waals surface area contributed by atoms with Crippen molar-refractivity contribution in [2.75, 3.05) is 32.8 Å². The summed E-state index contributed by atoms with van der Waals surface area (Å²) in [6.07, 6.45) is 6.35. The van der Waals surface area contributed by atoms with Crippen LogP contribution in [0, 0.1) is 5.92 Å². The first-order chi connectivity index (χ1) is 10.2. The largest absolute Gasteiger partial charge is 0.477 e. The van der Waals surface area contributed by atoms with Crippen molar-refractivity contribution < 1.29 is 14.6 Å². The van der Waals surface area contributed by atoms with Crippen molar-refractivity contribution in [1.29, 1.82) is 0 Å². The van der Waals surface area contributed by atoms with Crippen molar-refractivity contribution in [3.8, 4) is 0 Å². The van der Waals surface area contributed by atoms with E-state index in [0.29, 0.717) is 11.7 Å². The van der Waals surface area contributed by atoms with E-state index in [1.54, 1.807) is 6.07 Å². The Morgan fingerprint density at radius 1 is 1.24 bits per heavy atom. The fourth-order valence-electron chi connectivity index (χ4n) is 3.57. The molecule has 1 aromatic heterocycles. The predicted octanol–water partition coefficient (Wildman–Crippen LogP) is 2.25. The number of rotatable bonds is 4. The number of hydrogen-bond acceptors (Lipinski definition) is 3. The van der Waals surface area contributed by atoms with Gasteiger partial charge in [-0.25, -0.2) is 4.79 Å². The minimum Gasteiger partial charge on any atom is -0.477 e. The van der Waals surface area contributed by atoms with E-state index < -0.39 is 5.97 Å². The Labute approximate surface area is 125 Å². The van der Waals surface area contributed by atoms with E-state index in [4.69, 9.17) is 4.74 Å². The standard InChI is InChI=1S/C16H24N2O3/c19-16(20)15-2-1-7-18(15)14-3-8-17(9-4-14)12-13-5-10-21-11-6-13/h1-2,7,13-14H,3-6,8-12H2,(H,19,20). The number of aromatic nitrogens is 1. The highest BCUT2D eigenvalue weighted by Crippen LogP contribution is 2.26. The number of carbonyl (C=O) groups is 1. The van der Waals surface area contributed by atoms with Crippen molar-refractivity contribution in [3.63, 3.8) is 0 Å². The second-order valence-corrected chi connectivity index (χ2v) is 6.19. The Kier molecular flexibility index (Phi) is 4.60. The van der Waals surface area contributed by atoms with Gasteiger partial charge >= 0.3 is 5.97 Å². The number of nitrogens with zero attached hydrogens (tertiary/aromatic N) is 2. The third-order valence-corrected chi connectivity index (χ3v) is 4.81. The molecule has 3 heterocycles. The number of hydrogen-bond donors (Lipinski definition) is 1. The van der Waals surface area contributed by atoms with Crippen LogP contribution in [0.3, 0.4) is 0 Å². The zero-order chi connectivity index (χ0) is 14.7. The van der Waals surface area contributed by atoms with Crippen LogP contribution in [0.15, 0.2) is 18.3 Å². The smallest absolute Gasteiger partial charge is 0.352 e. The third-order valence-electron chi connectivity index (χ3n) is 4.81. The quantitative estimate of drug-likeness (QED) is 0.925. The van der Waals surface area contributed by atoms with Gasteiger partial charge in [-0.2, -0.15) is 0 Å². The molecule has 21 heavy (non-hydrogen) atoms. The monoisotopic (exact) mass is 292 g/mol. The Bertz CT molecular complexity index is 472. The molecule has 2 fully saturated rings. The van der Waals surface area contributed by atoms with E-state index in [-0.39, 0.29) is 0 Å². The first kappa shape index (κ1) is 14.6. The van der Waals surface area contributed by atoms with Gasteiger partial charge in [0.1, 0.15) is 5.69 Å². The Morgan fingerprint density at radius 3 is 2.62 bits per heavy atom. The Balaban J connectivity index is 1.52. The molecule has 0 saturated carbocycles. The molecule has 2 aliphatic rings. The summed E-state index contributed by atoms with van der Waals surface area (Å²) in [7, 11) is 0. The molecule has 0 atom stereocenters. The third kappa shape index (κ3) is 3.47.